The number of hydrogen-bond acceptors (Lipinski definition) is 3. The Morgan fingerprint density at radius 1 is 1.14 bits per heavy atom. The van der Waals surface area contributed by atoms with E-state index in [9.17, 15) is 4.79 Å². The van der Waals surface area contributed by atoms with Gasteiger partial charge in [0.2, 0.25) is 0 Å². The first-order valence-corrected chi connectivity index (χ1v) is 8.32. The molecule has 0 unspecified atom stereocenters. The number of anilines is 1. The zero-order valence-electron chi connectivity index (χ0n) is 12.6. The highest BCUT2D eigenvalue weighted by Crippen LogP contribution is 2.28. The van der Waals surface area contributed by atoms with Crippen LogP contribution in [-0.4, -0.2) is 42.9 Å². The number of ketones is 1. The third kappa shape index (κ3) is 3.24. The molecule has 0 radical (unpaired) electrons. The molecule has 1 heterocycles. The summed E-state index contributed by atoms with van der Waals surface area (Å²) in [6.07, 6.45) is 5.54. The van der Waals surface area contributed by atoms with Crippen molar-refractivity contribution in [1.29, 1.82) is 0 Å². The average Bonchev–Trinajstić information content (AvgIpc) is 3.01. The minimum absolute atomic E-state index is 0.0256. The number of hydrogen-bond donors (Lipinski definition) is 0. The van der Waals surface area contributed by atoms with Crippen molar-refractivity contribution in [2.75, 3.05) is 31.1 Å². The molecule has 4 heteroatoms. The zero-order valence-corrected chi connectivity index (χ0v) is 13.4. The molecule has 2 aliphatic rings. The fourth-order valence-electron chi connectivity index (χ4n) is 3.60. The molecule has 2 fully saturated rings. The highest BCUT2D eigenvalue weighted by Gasteiger charge is 2.26. The molecule has 0 spiro atoms. The van der Waals surface area contributed by atoms with Crippen LogP contribution in [0.1, 0.15) is 43.0 Å². The van der Waals surface area contributed by atoms with E-state index in [-0.39, 0.29) is 5.78 Å². The monoisotopic (exact) mass is 306 g/mol. The summed E-state index contributed by atoms with van der Waals surface area (Å²) in [5, 5.41) is 0.568. The van der Waals surface area contributed by atoms with Crippen molar-refractivity contribution in [1.82, 2.24) is 4.90 Å². The van der Waals surface area contributed by atoms with E-state index in [2.05, 4.69) is 9.80 Å². The van der Waals surface area contributed by atoms with Crippen molar-refractivity contribution in [3.63, 3.8) is 0 Å². The number of Topliss-reactive ketones (excluding diaryl/α,β-unsaturated/α-hetero) is 1. The molecule has 0 aromatic heterocycles. The van der Waals surface area contributed by atoms with Gasteiger partial charge in [-0.05, 0) is 38.0 Å². The summed E-state index contributed by atoms with van der Waals surface area (Å²) in [4.78, 5) is 16.5. The molecule has 1 aromatic carbocycles. The van der Waals surface area contributed by atoms with Crippen LogP contribution in [0, 0.1) is 0 Å². The number of halogens is 1. The van der Waals surface area contributed by atoms with E-state index in [0.29, 0.717) is 10.6 Å². The summed E-state index contributed by atoms with van der Waals surface area (Å²) >= 11 is 6.22. The summed E-state index contributed by atoms with van der Waals surface area (Å²) < 4.78 is 0. The number of benzene rings is 1. The van der Waals surface area contributed by atoms with Gasteiger partial charge in [-0.15, -0.1) is 0 Å². The Morgan fingerprint density at radius 3 is 2.38 bits per heavy atom. The minimum Gasteiger partial charge on any atom is -0.369 e. The molecular weight excluding hydrogens is 284 g/mol. The van der Waals surface area contributed by atoms with Crippen molar-refractivity contribution in [2.24, 2.45) is 0 Å². The molecule has 1 aliphatic heterocycles. The van der Waals surface area contributed by atoms with Crippen molar-refractivity contribution in [3.8, 4) is 0 Å². The SMILES string of the molecule is CC(=O)c1ccc(N2CCN(C3CCCC3)CC2)cc1Cl. The quantitative estimate of drug-likeness (QED) is 0.797. The lowest BCUT2D eigenvalue weighted by Crippen LogP contribution is -2.49. The van der Waals surface area contributed by atoms with E-state index in [1.807, 2.05) is 18.2 Å². The Bertz CT molecular complexity index is 518. The van der Waals surface area contributed by atoms with Gasteiger partial charge in [0.15, 0.2) is 5.78 Å². The van der Waals surface area contributed by atoms with Crippen molar-refractivity contribution < 1.29 is 4.79 Å². The van der Waals surface area contributed by atoms with Crippen LogP contribution in [0.5, 0.6) is 0 Å². The standard InChI is InChI=1S/C17H23ClN2O/c1-13(21)16-7-6-15(12-17(16)18)20-10-8-19(9-11-20)14-4-2-3-5-14/h6-7,12,14H,2-5,8-11H2,1H3. The Kier molecular flexibility index (Phi) is 4.51. The topological polar surface area (TPSA) is 23.6 Å². The summed E-state index contributed by atoms with van der Waals surface area (Å²) in [6, 6.07) is 6.62. The van der Waals surface area contributed by atoms with Crippen molar-refractivity contribution in [3.05, 3.63) is 28.8 Å². The van der Waals surface area contributed by atoms with Gasteiger partial charge in [-0.1, -0.05) is 24.4 Å². The fraction of sp³-hybridized carbons (Fsp3) is 0.588. The smallest absolute Gasteiger partial charge is 0.161 e. The number of rotatable bonds is 3. The fourth-order valence-corrected chi connectivity index (χ4v) is 3.91. The van der Waals surface area contributed by atoms with Gasteiger partial charge < -0.3 is 4.90 Å². The van der Waals surface area contributed by atoms with Crippen molar-refractivity contribution >= 4 is 23.1 Å². The molecule has 0 atom stereocenters. The van der Waals surface area contributed by atoms with Gasteiger partial charge in [0.1, 0.15) is 0 Å². The van der Waals surface area contributed by atoms with Crippen LogP contribution in [0.2, 0.25) is 5.02 Å². The molecule has 1 saturated carbocycles. The Hall–Kier alpha value is -1.06. The van der Waals surface area contributed by atoms with E-state index >= 15 is 0 Å². The van der Waals surface area contributed by atoms with Crippen LogP contribution in [0.4, 0.5) is 5.69 Å². The average molecular weight is 307 g/mol. The molecule has 1 aliphatic carbocycles. The predicted octanol–water partition coefficient (Wildman–Crippen LogP) is 3.61. The van der Waals surface area contributed by atoms with Crippen LogP contribution >= 0.6 is 11.6 Å². The second kappa shape index (κ2) is 6.37. The molecule has 3 rings (SSSR count). The molecule has 21 heavy (non-hydrogen) atoms. The Morgan fingerprint density at radius 2 is 1.81 bits per heavy atom. The largest absolute Gasteiger partial charge is 0.369 e. The maximum absolute atomic E-state index is 11.4. The molecule has 3 nitrogen and oxygen atoms in total. The lowest BCUT2D eigenvalue weighted by molar-refractivity contribution is 0.101. The molecule has 114 valence electrons. The van der Waals surface area contributed by atoms with Gasteiger partial charge in [-0.2, -0.15) is 0 Å². The highest BCUT2D eigenvalue weighted by molar-refractivity contribution is 6.34. The van der Waals surface area contributed by atoms with Crippen LogP contribution in [0.15, 0.2) is 18.2 Å². The minimum atomic E-state index is 0.0256. The first-order valence-electron chi connectivity index (χ1n) is 7.94. The number of carbonyl (C=O) groups is 1. The molecule has 0 N–H and O–H groups in total. The van der Waals surface area contributed by atoms with Crippen LogP contribution in [0.25, 0.3) is 0 Å². The number of nitrogens with zero attached hydrogens (tertiary/aromatic N) is 2. The van der Waals surface area contributed by atoms with Crippen molar-refractivity contribution in [2.45, 2.75) is 38.6 Å². The highest BCUT2D eigenvalue weighted by atomic mass is 35.5. The number of piperazine rings is 1. The van der Waals surface area contributed by atoms with Crippen LogP contribution in [0.3, 0.4) is 0 Å². The molecule has 1 saturated heterocycles. The van der Waals surface area contributed by atoms with E-state index in [1.54, 1.807) is 6.92 Å². The maximum atomic E-state index is 11.4. The third-order valence-electron chi connectivity index (χ3n) is 4.85. The third-order valence-corrected chi connectivity index (χ3v) is 5.17. The summed E-state index contributed by atoms with van der Waals surface area (Å²) in [7, 11) is 0. The predicted molar refractivity (Wildman–Crippen MR) is 87.5 cm³/mol. The van der Waals surface area contributed by atoms with Crippen LogP contribution < -0.4 is 4.90 Å². The van der Waals surface area contributed by atoms with E-state index in [4.69, 9.17) is 11.6 Å². The second-order valence-corrected chi connectivity index (χ2v) is 6.59. The van der Waals surface area contributed by atoms with E-state index in [0.717, 1.165) is 37.9 Å². The summed E-state index contributed by atoms with van der Waals surface area (Å²) in [6.45, 7) is 5.92. The van der Waals surface area contributed by atoms with Gasteiger partial charge in [0, 0.05) is 43.5 Å². The van der Waals surface area contributed by atoms with Gasteiger partial charge in [-0.3, -0.25) is 9.69 Å². The lowest BCUT2D eigenvalue weighted by atomic mass is 10.1. The maximum Gasteiger partial charge on any atom is 0.161 e. The van der Waals surface area contributed by atoms with Gasteiger partial charge in [0.05, 0.1) is 5.02 Å². The van der Waals surface area contributed by atoms with Gasteiger partial charge in [0.25, 0.3) is 0 Å². The van der Waals surface area contributed by atoms with E-state index in [1.165, 1.54) is 25.7 Å². The summed E-state index contributed by atoms with van der Waals surface area (Å²) in [5.41, 5.74) is 1.75. The Labute approximate surface area is 131 Å². The molecule has 0 amide bonds. The van der Waals surface area contributed by atoms with Crippen LogP contribution in [-0.2, 0) is 0 Å². The number of carbonyl (C=O) groups excluding carboxylic acids is 1. The molecular formula is C17H23ClN2O. The Balaban J connectivity index is 1.64. The zero-order chi connectivity index (χ0) is 14.8. The summed E-state index contributed by atoms with van der Waals surface area (Å²) in [5.74, 6) is 0.0256. The molecule has 1 aromatic rings. The first kappa shape index (κ1) is 14.9. The van der Waals surface area contributed by atoms with E-state index < -0.39 is 0 Å². The van der Waals surface area contributed by atoms with Gasteiger partial charge >= 0.3 is 0 Å². The lowest BCUT2D eigenvalue weighted by Gasteiger charge is -2.39. The second-order valence-electron chi connectivity index (χ2n) is 6.18. The normalized spacial score (nSPS) is 21.0. The van der Waals surface area contributed by atoms with Gasteiger partial charge in [-0.25, -0.2) is 0 Å². The first-order chi connectivity index (χ1) is 10.1. The molecule has 0 bridgehead atoms.